The number of methoxy groups -OCH3 is 2. The lowest BCUT2D eigenvalue weighted by Crippen LogP contribution is -2.51. The normalized spacial score (nSPS) is 22.1. The number of aromatic amines is 2. The summed E-state index contributed by atoms with van der Waals surface area (Å²) in [6, 6.07) is 6.75. The van der Waals surface area contributed by atoms with E-state index in [0.29, 0.717) is 13.1 Å². The number of carbonyl (C=O) groups excluding carboxylic acids is 4. The van der Waals surface area contributed by atoms with Gasteiger partial charge in [0, 0.05) is 23.5 Å². The Kier molecular flexibility index (Phi) is 11.1. The number of imidazole rings is 2. The molecule has 3 unspecified atom stereocenters. The molecule has 0 radical (unpaired) electrons. The molecule has 2 bridgehead atoms. The molecule has 0 saturated carbocycles. The summed E-state index contributed by atoms with van der Waals surface area (Å²) in [6.45, 7) is 8.81. The summed E-state index contributed by atoms with van der Waals surface area (Å²) in [5.74, 6) is 0.954. The Balaban J connectivity index is 1.03. The summed E-state index contributed by atoms with van der Waals surface area (Å²) in [6.07, 6.45) is 7.60. The van der Waals surface area contributed by atoms with E-state index in [1.54, 1.807) is 11.3 Å². The summed E-state index contributed by atoms with van der Waals surface area (Å²) < 4.78 is 16.1. The number of alkyl carbamates (subject to hydrolysis) is 2. The molecule has 4 aromatic rings. The smallest absolute Gasteiger partial charge is 0.407 e. The average Bonchev–Trinajstić information content (AvgIpc) is 4.08. The van der Waals surface area contributed by atoms with Gasteiger partial charge in [-0.15, -0.1) is 11.3 Å². The Labute approximate surface area is 341 Å². The molecule has 58 heavy (non-hydrogen) atoms. The number of rotatable bonds is 11. The second-order valence-electron chi connectivity index (χ2n) is 16.3. The molecule has 0 aliphatic carbocycles. The second kappa shape index (κ2) is 16.2. The van der Waals surface area contributed by atoms with Crippen molar-refractivity contribution in [1.29, 1.82) is 0 Å². The highest BCUT2D eigenvalue weighted by atomic mass is 32.1. The molecule has 4 aliphatic heterocycles. The number of hydrogen-bond donors (Lipinski definition) is 4. The first-order chi connectivity index (χ1) is 28.0. The standard InChI is InChI=1S/C42H52N8O7S/c1-21(2)35(47-41(53)55-5)39(51)49-17-7-9-27(49)37-43-19-25(45-37)23-11-12-24(34-30-14-13-29(57-30)33(23)34)31-15-16-32(58-31)26-20-44-38(46-26)28-10-8-18-50(28)40(52)36(22(3)4)48-42(54)56-6/h11-12,15-16,19-22,27-30,35-36H,7-10,13-14,17-18H2,1-6H3,(H,43,45)(H,44,46)(H,47,53)(H,48,54)/t27-,28?,29?,30?,35-,36-/m0/s1. The van der Waals surface area contributed by atoms with E-state index in [2.05, 4.69) is 44.9 Å². The highest BCUT2D eigenvalue weighted by Crippen LogP contribution is 2.57. The lowest BCUT2D eigenvalue weighted by Gasteiger charge is -2.30. The van der Waals surface area contributed by atoms with Crippen LogP contribution in [0.3, 0.4) is 0 Å². The fourth-order valence-electron chi connectivity index (χ4n) is 9.13. The van der Waals surface area contributed by atoms with Gasteiger partial charge in [0.2, 0.25) is 11.8 Å². The number of likely N-dealkylation sites (tertiary alicyclic amines) is 2. The van der Waals surface area contributed by atoms with Crippen LogP contribution in [0.5, 0.6) is 0 Å². The topological polar surface area (TPSA) is 184 Å². The number of benzene rings is 1. The van der Waals surface area contributed by atoms with Crippen molar-refractivity contribution in [3.05, 3.63) is 59.4 Å². The molecule has 6 atom stereocenters. The first-order valence-corrected chi connectivity index (χ1v) is 21.1. The van der Waals surface area contributed by atoms with Crippen LogP contribution in [-0.4, -0.2) is 93.1 Å². The van der Waals surface area contributed by atoms with Gasteiger partial charge in [0.15, 0.2) is 0 Å². The van der Waals surface area contributed by atoms with Crippen LogP contribution in [-0.2, 0) is 23.8 Å². The minimum Gasteiger partial charge on any atom is -0.453 e. The molecular formula is C42H52N8O7S. The van der Waals surface area contributed by atoms with Crippen LogP contribution in [0.1, 0.15) is 113 Å². The van der Waals surface area contributed by atoms with E-state index in [9.17, 15) is 19.2 Å². The van der Waals surface area contributed by atoms with E-state index in [-0.39, 0.29) is 47.9 Å². The maximum Gasteiger partial charge on any atom is 0.407 e. The van der Waals surface area contributed by atoms with Gasteiger partial charge in [-0.2, -0.15) is 0 Å². The largest absolute Gasteiger partial charge is 0.453 e. The zero-order valence-electron chi connectivity index (χ0n) is 33.8. The number of nitrogens with one attached hydrogen (secondary N) is 4. The highest BCUT2D eigenvalue weighted by molar-refractivity contribution is 7.18. The minimum absolute atomic E-state index is 0.00719. The van der Waals surface area contributed by atoms with Gasteiger partial charge in [-0.05, 0) is 79.2 Å². The van der Waals surface area contributed by atoms with E-state index in [1.807, 2.05) is 49.9 Å². The minimum atomic E-state index is -0.701. The number of amides is 4. The molecular weight excluding hydrogens is 761 g/mol. The van der Waals surface area contributed by atoms with Crippen LogP contribution in [0.2, 0.25) is 0 Å². The monoisotopic (exact) mass is 812 g/mol. The van der Waals surface area contributed by atoms with Crippen molar-refractivity contribution in [3.63, 3.8) is 0 Å². The number of hydrogen-bond acceptors (Lipinski definition) is 10. The number of carbonyl (C=O) groups is 4. The molecule has 7 heterocycles. The lowest BCUT2D eigenvalue weighted by atomic mass is 9.84. The van der Waals surface area contributed by atoms with E-state index in [0.717, 1.165) is 82.4 Å². The molecule has 0 spiro atoms. The molecule has 15 nitrogen and oxygen atoms in total. The zero-order valence-corrected chi connectivity index (χ0v) is 34.6. The van der Waals surface area contributed by atoms with Crippen molar-refractivity contribution >= 4 is 35.3 Å². The summed E-state index contributed by atoms with van der Waals surface area (Å²) in [5.41, 5.74) is 6.39. The quantitative estimate of drug-likeness (QED) is 0.122. The fraction of sp³-hybridized carbons (Fsp3) is 0.524. The summed E-state index contributed by atoms with van der Waals surface area (Å²) in [4.78, 5) is 74.0. The summed E-state index contributed by atoms with van der Waals surface area (Å²) >= 11 is 1.69. The van der Waals surface area contributed by atoms with Crippen molar-refractivity contribution in [1.82, 2.24) is 40.4 Å². The second-order valence-corrected chi connectivity index (χ2v) is 17.4. The molecule has 3 saturated heterocycles. The van der Waals surface area contributed by atoms with Crippen LogP contribution < -0.4 is 10.6 Å². The van der Waals surface area contributed by atoms with Gasteiger partial charge in [0.25, 0.3) is 0 Å². The van der Waals surface area contributed by atoms with Crippen LogP contribution >= 0.6 is 11.3 Å². The Morgan fingerprint density at radius 2 is 1.19 bits per heavy atom. The highest BCUT2D eigenvalue weighted by Gasteiger charge is 2.43. The Morgan fingerprint density at radius 3 is 1.72 bits per heavy atom. The van der Waals surface area contributed by atoms with E-state index < -0.39 is 24.3 Å². The van der Waals surface area contributed by atoms with Gasteiger partial charge in [0.1, 0.15) is 23.7 Å². The maximum absolute atomic E-state index is 13.7. The first kappa shape index (κ1) is 39.6. The van der Waals surface area contributed by atoms with Crippen molar-refractivity contribution in [2.45, 2.75) is 103 Å². The number of fused-ring (bicyclic) bond motifs is 5. The average molecular weight is 813 g/mol. The van der Waals surface area contributed by atoms with Crippen molar-refractivity contribution in [2.75, 3.05) is 27.3 Å². The van der Waals surface area contributed by atoms with Crippen molar-refractivity contribution < 1.29 is 33.4 Å². The first-order valence-electron chi connectivity index (χ1n) is 20.3. The number of thiophene rings is 1. The van der Waals surface area contributed by atoms with Gasteiger partial charge in [-0.25, -0.2) is 19.6 Å². The molecule has 4 amide bonds. The molecule has 308 valence electrons. The predicted octanol–water partition coefficient (Wildman–Crippen LogP) is 7.19. The van der Waals surface area contributed by atoms with Crippen molar-refractivity contribution in [3.8, 4) is 32.3 Å². The molecule has 3 aromatic heterocycles. The van der Waals surface area contributed by atoms with Gasteiger partial charge in [-0.3, -0.25) is 9.59 Å². The maximum atomic E-state index is 13.7. The van der Waals surface area contributed by atoms with E-state index in [1.165, 1.54) is 25.3 Å². The van der Waals surface area contributed by atoms with Gasteiger partial charge in [0.05, 0.1) is 67.2 Å². The van der Waals surface area contributed by atoms with Gasteiger partial charge >= 0.3 is 12.2 Å². The number of aromatic nitrogens is 4. The lowest BCUT2D eigenvalue weighted by molar-refractivity contribution is -0.136. The van der Waals surface area contributed by atoms with Crippen LogP contribution in [0.4, 0.5) is 9.59 Å². The fourth-order valence-corrected chi connectivity index (χ4v) is 10.1. The van der Waals surface area contributed by atoms with Crippen LogP contribution in [0, 0.1) is 11.8 Å². The zero-order chi connectivity index (χ0) is 40.8. The Bertz CT molecular complexity index is 2190. The number of H-pyrrole nitrogens is 2. The number of ether oxygens (including phenoxy) is 3. The van der Waals surface area contributed by atoms with Crippen molar-refractivity contribution in [2.24, 2.45) is 11.8 Å². The molecule has 16 heteroatoms. The predicted molar refractivity (Wildman–Crippen MR) is 216 cm³/mol. The molecule has 4 N–H and O–H groups in total. The molecule has 1 aromatic carbocycles. The van der Waals surface area contributed by atoms with E-state index in [4.69, 9.17) is 24.2 Å². The number of nitrogens with zero attached hydrogens (tertiary/aromatic N) is 4. The van der Waals surface area contributed by atoms with Crippen LogP contribution in [0.15, 0.2) is 36.7 Å². The van der Waals surface area contributed by atoms with Gasteiger partial charge < -0.3 is 44.6 Å². The summed E-state index contributed by atoms with van der Waals surface area (Å²) in [5, 5.41) is 5.43. The molecule has 4 aliphatic rings. The Hall–Kier alpha value is -5.22. The molecule has 3 fully saturated rings. The SMILES string of the molecule is COC(=O)N[C@H](C(=O)N1CCCC1c1ncc(-c2ccc(-c3ccc(-c4cnc([C@@H]5CCCN5C(=O)[C@@H](NC(=O)OC)C(C)C)[nH]4)c4c3C3CCC4O3)s2)[nH]1)C(C)C. The van der Waals surface area contributed by atoms with E-state index >= 15 is 0 Å². The van der Waals surface area contributed by atoms with Crippen LogP contribution in [0.25, 0.3) is 32.3 Å². The Morgan fingerprint density at radius 1 is 0.707 bits per heavy atom. The third-order valence-electron chi connectivity index (χ3n) is 12.1. The summed E-state index contributed by atoms with van der Waals surface area (Å²) in [7, 11) is 2.59. The molecule has 8 rings (SSSR count). The third-order valence-corrected chi connectivity index (χ3v) is 13.2. The van der Waals surface area contributed by atoms with Gasteiger partial charge in [-0.1, -0.05) is 39.8 Å². The third kappa shape index (κ3) is 7.25.